The highest BCUT2D eigenvalue weighted by molar-refractivity contribution is 7.19. The summed E-state index contributed by atoms with van der Waals surface area (Å²) in [7, 11) is 0. The number of halogens is 1. The highest BCUT2D eigenvalue weighted by Crippen LogP contribution is 2.34. The zero-order chi connectivity index (χ0) is 14.4. The lowest BCUT2D eigenvalue weighted by Crippen LogP contribution is -2.10. The van der Waals surface area contributed by atoms with Gasteiger partial charge in [0.05, 0.1) is 12.6 Å². The van der Waals surface area contributed by atoms with Crippen molar-refractivity contribution in [1.82, 2.24) is 0 Å². The maximum Gasteiger partial charge on any atom is 0.124 e. The number of rotatable bonds is 2. The zero-order valence-corrected chi connectivity index (χ0v) is 12.1. The van der Waals surface area contributed by atoms with E-state index in [1.165, 1.54) is 11.6 Å². The van der Waals surface area contributed by atoms with Crippen LogP contribution < -0.4 is 10.5 Å². The third-order valence-electron chi connectivity index (χ3n) is 3.88. The molecule has 0 bridgehead atoms. The van der Waals surface area contributed by atoms with Gasteiger partial charge < -0.3 is 10.5 Å². The van der Waals surface area contributed by atoms with Crippen LogP contribution in [0.25, 0.3) is 10.1 Å². The van der Waals surface area contributed by atoms with Gasteiger partial charge >= 0.3 is 0 Å². The summed E-state index contributed by atoms with van der Waals surface area (Å²) in [5, 5.41) is 1.04. The van der Waals surface area contributed by atoms with Crippen molar-refractivity contribution < 1.29 is 9.13 Å². The average Bonchev–Trinajstić information content (AvgIpc) is 3.11. The van der Waals surface area contributed by atoms with Gasteiger partial charge in [0.1, 0.15) is 11.6 Å². The molecular weight excluding hydrogens is 285 g/mol. The molecule has 1 aliphatic rings. The van der Waals surface area contributed by atoms with Crippen LogP contribution in [-0.2, 0) is 6.42 Å². The van der Waals surface area contributed by atoms with E-state index in [-0.39, 0.29) is 11.9 Å². The Kier molecular flexibility index (Phi) is 2.94. The molecule has 0 spiro atoms. The van der Waals surface area contributed by atoms with Crippen LogP contribution in [0.4, 0.5) is 4.39 Å². The molecule has 1 aliphatic heterocycles. The van der Waals surface area contributed by atoms with E-state index in [1.54, 1.807) is 23.5 Å². The molecule has 0 amide bonds. The molecule has 0 fully saturated rings. The topological polar surface area (TPSA) is 35.2 Å². The maximum absolute atomic E-state index is 13.3. The van der Waals surface area contributed by atoms with E-state index < -0.39 is 0 Å². The number of hydrogen-bond acceptors (Lipinski definition) is 3. The predicted molar refractivity (Wildman–Crippen MR) is 83.5 cm³/mol. The summed E-state index contributed by atoms with van der Waals surface area (Å²) in [5.41, 5.74) is 8.68. The van der Waals surface area contributed by atoms with Gasteiger partial charge in [0.25, 0.3) is 0 Å². The summed E-state index contributed by atoms with van der Waals surface area (Å²) in [6, 6.07) is 12.8. The van der Waals surface area contributed by atoms with Gasteiger partial charge in [0.2, 0.25) is 0 Å². The minimum Gasteiger partial charge on any atom is -0.493 e. The molecule has 1 atom stereocenters. The fourth-order valence-corrected chi connectivity index (χ4v) is 3.86. The Labute approximate surface area is 126 Å². The van der Waals surface area contributed by atoms with Gasteiger partial charge in [-0.1, -0.05) is 18.2 Å². The van der Waals surface area contributed by atoms with Crippen LogP contribution in [0.5, 0.6) is 5.75 Å². The number of hydrogen-bond donors (Lipinski definition) is 1. The predicted octanol–water partition coefficient (Wildman–Crippen LogP) is 4.02. The van der Waals surface area contributed by atoms with E-state index in [1.807, 2.05) is 18.2 Å². The van der Waals surface area contributed by atoms with Crippen molar-refractivity contribution in [2.75, 3.05) is 6.61 Å². The Morgan fingerprint density at radius 2 is 2.05 bits per heavy atom. The molecule has 0 aliphatic carbocycles. The van der Waals surface area contributed by atoms with Crippen molar-refractivity contribution in [3.8, 4) is 5.75 Å². The van der Waals surface area contributed by atoms with Crippen molar-refractivity contribution >= 4 is 21.4 Å². The molecule has 4 rings (SSSR count). The lowest BCUT2D eigenvalue weighted by Gasteiger charge is -2.11. The quantitative estimate of drug-likeness (QED) is 0.775. The van der Waals surface area contributed by atoms with Gasteiger partial charge in [-0.2, -0.15) is 0 Å². The first-order valence-electron chi connectivity index (χ1n) is 6.91. The third kappa shape index (κ3) is 2.20. The van der Waals surface area contributed by atoms with Crippen LogP contribution in [-0.4, -0.2) is 6.61 Å². The standard InChI is InChI=1S/C17H14FNOS/c18-13-3-1-11-8-16(21-15(11)9-13)17(19)12-2-4-14-10(7-12)5-6-20-14/h1-4,7-9,17H,5-6,19H2. The van der Waals surface area contributed by atoms with E-state index in [4.69, 9.17) is 10.5 Å². The molecule has 0 saturated carbocycles. The van der Waals surface area contributed by atoms with Crippen LogP contribution in [0.15, 0.2) is 42.5 Å². The van der Waals surface area contributed by atoms with E-state index in [0.717, 1.165) is 39.3 Å². The Bertz CT molecular complexity index is 827. The Morgan fingerprint density at radius 1 is 1.14 bits per heavy atom. The lowest BCUT2D eigenvalue weighted by molar-refractivity contribution is 0.357. The van der Waals surface area contributed by atoms with Crippen LogP contribution in [0.3, 0.4) is 0 Å². The summed E-state index contributed by atoms with van der Waals surface area (Å²) >= 11 is 1.55. The van der Waals surface area contributed by atoms with Crippen LogP contribution >= 0.6 is 11.3 Å². The zero-order valence-electron chi connectivity index (χ0n) is 11.3. The molecular formula is C17H14FNOS. The average molecular weight is 299 g/mol. The summed E-state index contributed by atoms with van der Waals surface area (Å²) < 4.78 is 19.7. The minimum absolute atomic E-state index is 0.184. The Morgan fingerprint density at radius 3 is 2.95 bits per heavy atom. The molecule has 0 radical (unpaired) electrons. The van der Waals surface area contributed by atoms with Gasteiger partial charge in [-0.3, -0.25) is 0 Å². The summed E-state index contributed by atoms with van der Waals surface area (Å²) in [4.78, 5) is 1.05. The van der Waals surface area contributed by atoms with Crippen LogP contribution in [0.1, 0.15) is 22.0 Å². The first-order chi connectivity index (χ1) is 10.2. The summed E-state index contributed by atoms with van der Waals surface area (Å²) in [6.07, 6.45) is 0.938. The molecule has 21 heavy (non-hydrogen) atoms. The van der Waals surface area contributed by atoms with Crippen LogP contribution in [0, 0.1) is 5.82 Å². The smallest absolute Gasteiger partial charge is 0.124 e. The number of ether oxygens (including phenoxy) is 1. The second kappa shape index (κ2) is 4.83. The molecule has 2 heterocycles. The molecule has 1 unspecified atom stereocenters. The normalized spacial score (nSPS) is 15.0. The van der Waals surface area contributed by atoms with E-state index >= 15 is 0 Å². The number of benzene rings is 2. The number of nitrogens with two attached hydrogens (primary N) is 1. The monoisotopic (exact) mass is 299 g/mol. The molecule has 1 aromatic heterocycles. The van der Waals surface area contributed by atoms with Crippen molar-refractivity contribution in [2.45, 2.75) is 12.5 Å². The summed E-state index contributed by atoms with van der Waals surface area (Å²) in [5.74, 6) is 0.753. The second-order valence-electron chi connectivity index (χ2n) is 5.27. The molecule has 2 aromatic carbocycles. The molecule has 4 heteroatoms. The Balaban J connectivity index is 1.73. The highest BCUT2D eigenvalue weighted by Gasteiger charge is 2.17. The minimum atomic E-state index is -0.209. The van der Waals surface area contributed by atoms with Gasteiger partial charge in [0.15, 0.2) is 0 Å². The van der Waals surface area contributed by atoms with Gasteiger partial charge in [-0.25, -0.2) is 4.39 Å². The van der Waals surface area contributed by atoms with E-state index in [0.29, 0.717) is 0 Å². The van der Waals surface area contributed by atoms with Crippen molar-refractivity contribution in [1.29, 1.82) is 0 Å². The largest absolute Gasteiger partial charge is 0.493 e. The fraction of sp³-hybridized carbons (Fsp3) is 0.176. The molecule has 106 valence electrons. The second-order valence-corrected chi connectivity index (χ2v) is 6.39. The van der Waals surface area contributed by atoms with Gasteiger partial charge in [-0.05, 0) is 40.8 Å². The van der Waals surface area contributed by atoms with Crippen molar-refractivity contribution in [3.63, 3.8) is 0 Å². The molecule has 2 N–H and O–H groups in total. The van der Waals surface area contributed by atoms with Gasteiger partial charge in [-0.15, -0.1) is 11.3 Å². The molecule has 2 nitrogen and oxygen atoms in total. The fourth-order valence-electron chi connectivity index (χ4n) is 2.74. The number of thiophene rings is 1. The number of fused-ring (bicyclic) bond motifs is 2. The molecule has 3 aromatic rings. The maximum atomic E-state index is 13.3. The molecule has 0 saturated heterocycles. The first kappa shape index (κ1) is 12.8. The van der Waals surface area contributed by atoms with Crippen molar-refractivity contribution in [3.05, 3.63) is 64.3 Å². The third-order valence-corrected chi connectivity index (χ3v) is 5.06. The van der Waals surface area contributed by atoms with Crippen molar-refractivity contribution in [2.24, 2.45) is 5.73 Å². The highest BCUT2D eigenvalue weighted by atomic mass is 32.1. The lowest BCUT2D eigenvalue weighted by atomic mass is 10.0. The van der Waals surface area contributed by atoms with E-state index in [2.05, 4.69) is 6.07 Å². The van der Waals surface area contributed by atoms with Crippen LogP contribution in [0.2, 0.25) is 0 Å². The first-order valence-corrected chi connectivity index (χ1v) is 7.72. The summed E-state index contributed by atoms with van der Waals surface area (Å²) in [6.45, 7) is 0.746. The van der Waals surface area contributed by atoms with E-state index in [9.17, 15) is 4.39 Å². The Hall–Kier alpha value is -1.91. The SMILES string of the molecule is NC(c1ccc2c(c1)CCO2)c1cc2ccc(F)cc2s1. The van der Waals surface area contributed by atoms with Gasteiger partial charge in [0, 0.05) is 16.0 Å².